The van der Waals surface area contributed by atoms with Gasteiger partial charge in [-0.2, -0.15) is 0 Å². The molecule has 18 heavy (non-hydrogen) atoms. The summed E-state index contributed by atoms with van der Waals surface area (Å²) < 4.78 is 13.0. The van der Waals surface area contributed by atoms with Crippen LogP contribution in [0.15, 0.2) is 18.2 Å². The highest BCUT2D eigenvalue weighted by atomic mass is 19.1. The first-order chi connectivity index (χ1) is 8.54. The van der Waals surface area contributed by atoms with Gasteiger partial charge in [-0.25, -0.2) is 4.39 Å². The average molecular weight is 252 g/mol. The minimum absolute atomic E-state index is 0.265. The van der Waals surface area contributed by atoms with Crippen molar-refractivity contribution in [2.45, 2.75) is 52.6 Å². The van der Waals surface area contributed by atoms with Gasteiger partial charge in [0.05, 0.1) is 0 Å². The van der Waals surface area contributed by atoms with Crippen molar-refractivity contribution in [3.8, 4) is 0 Å². The summed E-state index contributed by atoms with van der Waals surface area (Å²) in [5.41, 5.74) is 7.43. The largest absolute Gasteiger partial charge is 0.398 e. The van der Waals surface area contributed by atoms with Gasteiger partial charge in [-0.1, -0.05) is 25.8 Å². The number of benzene rings is 1. The van der Waals surface area contributed by atoms with E-state index >= 15 is 0 Å². The number of nitrogen functional groups attached to an aromatic ring is 1. The smallest absolute Gasteiger partial charge is 0.125 e. The molecule has 0 bridgehead atoms. The molecule has 0 fully saturated rings. The summed E-state index contributed by atoms with van der Waals surface area (Å²) in [7, 11) is 0. The quantitative estimate of drug-likeness (QED) is 0.590. The summed E-state index contributed by atoms with van der Waals surface area (Å²) in [5, 5.41) is 0. The number of rotatable bonds is 7. The second-order valence-electron chi connectivity index (χ2n) is 5.11. The minimum Gasteiger partial charge on any atom is -0.398 e. The van der Waals surface area contributed by atoms with Crippen molar-refractivity contribution in [2.24, 2.45) is 0 Å². The highest BCUT2D eigenvalue weighted by Gasteiger charge is 2.11. The van der Waals surface area contributed by atoms with Crippen molar-refractivity contribution in [1.29, 1.82) is 0 Å². The first-order valence-corrected chi connectivity index (χ1v) is 6.82. The molecule has 1 aromatic rings. The van der Waals surface area contributed by atoms with Crippen LogP contribution < -0.4 is 5.73 Å². The minimum atomic E-state index is -0.265. The maximum Gasteiger partial charge on any atom is 0.125 e. The summed E-state index contributed by atoms with van der Waals surface area (Å²) in [6.45, 7) is 8.45. The number of anilines is 1. The zero-order chi connectivity index (χ0) is 13.5. The van der Waals surface area contributed by atoms with Crippen LogP contribution in [0.1, 0.15) is 45.6 Å². The van der Waals surface area contributed by atoms with Crippen molar-refractivity contribution >= 4 is 5.69 Å². The Morgan fingerprint density at radius 1 is 1.28 bits per heavy atom. The van der Waals surface area contributed by atoms with Crippen molar-refractivity contribution in [3.05, 3.63) is 29.6 Å². The number of unbranched alkanes of at least 4 members (excludes halogenated alkanes) is 2. The van der Waals surface area contributed by atoms with Gasteiger partial charge >= 0.3 is 0 Å². The molecule has 0 unspecified atom stereocenters. The van der Waals surface area contributed by atoms with Crippen LogP contribution >= 0.6 is 0 Å². The van der Waals surface area contributed by atoms with Gasteiger partial charge in [-0.3, -0.25) is 4.90 Å². The maximum absolute atomic E-state index is 13.0. The molecule has 1 rings (SSSR count). The van der Waals surface area contributed by atoms with Crippen molar-refractivity contribution in [3.63, 3.8) is 0 Å². The van der Waals surface area contributed by atoms with Gasteiger partial charge in [0, 0.05) is 18.3 Å². The van der Waals surface area contributed by atoms with Crippen LogP contribution in [0.5, 0.6) is 0 Å². The Kier molecular flexibility index (Phi) is 6.13. The zero-order valence-corrected chi connectivity index (χ0v) is 11.7. The molecule has 0 aliphatic heterocycles. The van der Waals surface area contributed by atoms with E-state index in [1.807, 2.05) is 0 Å². The Bertz CT molecular complexity index is 364. The van der Waals surface area contributed by atoms with Gasteiger partial charge in [-0.05, 0) is 44.5 Å². The third kappa shape index (κ3) is 4.65. The molecule has 0 aliphatic carbocycles. The fourth-order valence-corrected chi connectivity index (χ4v) is 2.01. The Morgan fingerprint density at radius 2 is 2.00 bits per heavy atom. The molecule has 0 heterocycles. The molecule has 0 spiro atoms. The molecule has 0 saturated carbocycles. The second kappa shape index (κ2) is 7.37. The van der Waals surface area contributed by atoms with E-state index in [1.54, 1.807) is 6.07 Å². The van der Waals surface area contributed by atoms with Crippen LogP contribution in [0.3, 0.4) is 0 Å². The molecule has 102 valence electrons. The molecule has 0 aromatic heterocycles. The molecule has 1 aromatic carbocycles. The summed E-state index contributed by atoms with van der Waals surface area (Å²) in [6.07, 6.45) is 3.68. The molecular weight excluding hydrogens is 227 g/mol. The van der Waals surface area contributed by atoms with E-state index in [4.69, 9.17) is 5.73 Å². The topological polar surface area (TPSA) is 29.3 Å². The highest BCUT2D eigenvalue weighted by molar-refractivity contribution is 5.46. The lowest BCUT2D eigenvalue weighted by molar-refractivity contribution is 0.209. The monoisotopic (exact) mass is 252 g/mol. The Hall–Kier alpha value is -1.09. The third-order valence-corrected chi connectivity index (χ3v) is 3.26. The second-order valence-corrected chi connectivity index (χ2v) is 5.11. The van der Waals surface area contributed by atoms with E-state index in [1.165, 1.54) is 31.4 Å². The fraction of sp³-hybridized carbons (Fsp3) is 0.600. The number of hydrogen-bond donors (Lipinski definition) is 1. The highest BCUT2D eigenvalue weighted by Crippen LogP contribution is 2.17. The van der Waals surface area contributed by atoms with E-state index in [9.17, 15) is 4.39 Å². The fourth-order valence-electron chi connectivity index (χ4n) is 2.01. The molecule has 0 atom stereocenters. The first kappa shape index (κ1) is 15.0. The third-order valence-electron chi connectivity index (χ3n) is 3.26. The molecule has 0 radical (unpaired) electrons. The average Bonchev–Trinajstić information content (AvgIpc) is 2.30. The van der Waals surface area contributed by atoms with Gasteiger partial charge in [0.2, 0.25) is 0 Å². The lowest BCUT2D eigenvalue weighted by Gasteiger charge is -2.27. The van der Waals surface area contributed by atoms with Crippen LogP contribution in [0.2, 0.25) is 0 Å². The lowest BCUT2D eigenvalue weighted by atomic mass is 10.1. The first-order valence-electron chi connectivity index (χ1n) is 6.82. The Morgan fingerprint density at radius 3 is 2.56 bits per heavy atom. The summed E-state index contributed by atoms with van der Waals surface area (Å²) >= 11 is 0. The Balaban J connectivity index is 2.64. The predicted octanol–water partition coefficient (Wildman–Crippen LogP) is 3.81. The van der Waals surface area contributed by atoms with Crippen molar-refractivity contribution < 1.29 is 4.39 Å². The van der Waals surface area contributed by atoms with E-state index in [0.29, 0.717) is 11.7 Å². The van der Waals surface area contributed by atoms with Gasteiger partial charge in [0.1, 0.15) is 5.82 Å². The SMILES string of the molecule is CCCCCN(Cc1ccc(F)cc1N)C(C)C. The van der Waals surface area contributed by atoms with Gasteiger partial charge in [-0.15, -0.1) is 0 Å². The van der Waals surface area contributed by atoms with Gasteiger partial charge in [0.15, 0.2) is 0 Å². The van der Waals surface area contributed by atoms with E-state index < -0.39 is 0 Å². The molecule has 2 nitrogen and oxygen atoms in total. The summed E-state index contributed by atoms with van der Waals surface area (Å²) in [5.74, 6) is -0.265. The molecule has 0 saturated heterocycles. The van der Waals surface area contributed by atoms with Crippen LogP contribution in [-0.2, 0) is 6.54 Å². The van der Waals surface area contributed by atoms with Crippen LogP contribution in [-0.4, -0.2) is 17.5 Å². The van der Waals surface area contributed by atoms with E-state index in [-0.39, 0.29) is 5.82 Å². The maximum atomic E-state index is 13.0. The van der Waals surface area contributed by atoms with Gasteiger partial charge in [0.25, 0.3) is 0 Å². The number of halogens is 1. The van der Waals surface area contributed by atoms with Gasteiger partial charge < -0.3 is 5.73 Å². The summed E-state index contributed by atoms with van der Waals surface area (Å²) in [4.78, 5) is 2.39. The van der Waals surface area contributed by atoms with Crippen molar-refractivity contribution in [2.75, 3.05) is 12.3 Å². The molecule has 2 N–H and O–H groups in total. The number of nitrogens with zero attached hydrogens (tertiary/aromatic N) is 1. The predicted molar refractivity (Wildman–Crippen MR) is 75.9 cm³/mol. The Labute approximate surface area is 110 Å². The van der Waals surface area contributed by atoms with Crippen LogP contribution in [0.4, 0.5) is 10.1 Å². The van der Waals surface area contributed by atoms with E-state index in [0.717, 1.165) is 18.7 Å². The molecule has 0 aliphatic rings. The number of hydrogen-bond acceptors (Lipinski definition) is 2. The standard InChI is InChI=1S/C15H25FN2/c1-4-5-6-9-18(12(2)3)11-13-7-8-14(16)10-15(13)17/h7-8,10,12H,4-6,9,11,17H2,1-3H3. The van der Waals surface area contributed by atoms with Crippen molar-refractivity contribution in [1.82, 2.24) is 4.90 Å². The normalized spacial score (nSPS) is 11.4. The van der Waals surface area contributed by atoms with E-state index in [2.05, 4.69) is 25.7 Å². The summed E-state index contributed by atoms with van der Waals surface area (Å²) in [6, 6.07) is 5.15. The molecular formula is C15H25FN2. The molecule has 0 amide bonds. The van der Waals surface area contributed by atoms with Crippen LogP contribution in [0.25, 0.3) is 0 Å². The van der Waals surface area contributed by atoms with Crippen LogP contribution in [0, 0.1) is 5.82 Å². The molecule has 3 heteroatoms. The number of nitrogens with two attached hydrogens (primary N) is 1. The zero-order valence-electron chi connectivity index (χ0n) is 11.7. The lowest BCUT2D eigenvalue weighted by Crippen LogP contribution is -2.31.